The quantitative estimate of drug-likeness (QED) is 0.660. The molecule has 2 rings (SSSR count). The van der Waals surface area contributed by atoms with Crippen molar-refractivity contribution < 1.29 is 4.92 Å². The van der Waals surface area contributed by atoms with Crippen molar-refractivity contribution in [2.24, 2.45) is 0 Å². The van der Waals surface area contributed by atoms with Crippen molar-refractivity contribution in [2.75, 3.05) is 18.4 Å². The largest absolute Gasteiger partial charge is 0.380 e. The Balaban J connectivity index is 2.17. The lowest BCUT2D eigenvalue weighted by Crippen LogP contribution is -2.22. The Bertz CT molecular complexity index is 405. The summed E-state index contributed by atoms with van der Waals surface area (Å²) in [4.78, 5) is 10.3. The molecule has 16 heavy (non-hydrogen) atoms. The number of benzene rings is 1. The summed E-state index contributed by atoms with van der Waals surface area (Å²) in [6.45, 7) is 1.89. The molecule has 1 atom stereocenters. The number of nitrogens with one attached hydrogen (secondary N) is 2. The number of nitrogens with zero attached hydrogens (tertiary/aromatic N) is 1. The van der Waals surface area contributed by atoms with Gasteiger partial charge in [0.1, 0.15) is 0 Å². The summed E-state index contributed by atoms with van der Waals surface area (Å²) in [6.07, 6.45) is 1.04. The number of anilines is 1. The molecule has 1 fully saturated rings. The van der Waals surface area contributed by atoms with Gasteiger partial charge in [0.15, 0.2) is 0 Å². The topological polar surface area (TPSA) is 67.2 Å². The lowest BCUT2D eigenvalue weighted by molar-refractivity contribution is -0.384. The fourth-order valence-electron chi connectivity index (χ4n) is 1.74. The van der Waals surface area contributed by atoms with Crippen molar-refractivity contribution in [1.29, 1.82) is 0 Å². The highest BCUT2D eigenvalue weighted by molar-refractivity contribution is 9.10. The average Bonchev–Trinajstić information content (AvgIpc) is 2.73. The molecule has 1 aromatic carbocycles. The van der Waals surface area contributed by atoms with E-state index in [9.17, 15) is 10.1 Å². The summed E-state index contributed by atoms with van der Waals surface area (Å²) in [6, 6.07) is 5.09. The lowest BCUT2D eigenvalue weighted by atomic mass is 10.2. The molecule has 0 aliphatic carbocycles. The fraction of sp³-hybridized carbons (Fsp3) is 0.400. The molecule has 0 spiro atoms. The molecule has 5 nitrogen and oxygen atoms in total. The van der Waals surface area contributed by atoms with Gasteiger partial charge in [-0.05, 0) is 35.0 Å². The van der Waals surface area contributed by atoms with Crippen LogP contribution in [0.15, 0.2) is 22.7 Å². The zero-order valence-electron chi connectivity index (χ0n) is 8.57. The molecule has 1 aromatic rings. The Labute approximate surface area is 102 Å². The van der Waals surface area contributed by atoms with E-state index in [1.165, 1.54) is 6.07 Å². The Morgan fingerprint density at radius 2 is 2.38 bits per heavy atom. The van der Waals surface area contributed by atoms with Crippen LogP contribution in [-0.2, 0) is 0 Å². The number of nitro groups is 1. The Kier molecular flexibility index (Phi) is 3.40. The van der Waals surface area contributed by atoms with Crippen molar-refractivity contribution in [3.63, 3.8) is 0 Å². The molecule has 1 saturated heterocycles. The second-order valence-electron chi connectivity index (χ2n) is 3.76. The van der Waals surface area contributed by atoms with E-state index < -0.39 is 0 Å². The van der Waals surface area contributed by atoms with Gasteiger partial charge in [-0.25, -0.2) is 0 Å². The number of non-ortho nitro benzene ring substituents is 1. The van der Waals surface area contributed by atoms with Gasteiger partial charge in [-0.15, -0.1) is 0 Å². The summed E-state index contributed by atoms with van der Waals surface area (Å²) in [7, 11) is 0. The van der Waals surface area contributed by atoms with E-state index in [4.69, 9.17) is 0 Å². The molecule has 1 unspecified atom stereocenters. The number of hydrogen-bond acceptors (Lipinski definition) is 4. The maximum absolute atomic E-state index is 10.7. The summed E-state index contributed by atoms with van der Waals surface area (Å²) >= 11 is 3.38. The van der Waals surface area contributed by atoms with Gasteiger partial charge in [-0.3, -0.25) is 10.1 Å². The van der Waals surface area contributed by atoms with Gasteiger partial charge in [0.2, 0.25) is 0 Å². The van der Waals surface area contributed by atoms with E-state index >= 15 is 0 Å². The average molecular weight is 286 g/mol. The molecule has 1 heterocycles. The molecular formula is C10H12BrN3O2. The van der Waals surface area contributed by atoms with E-state index in [-0.39, 0.29) is 10.6 Å². The van der Waals surface area contributed by atoms with E-state index in [2.05, 4.69) is 26.6 Å². The van der Waals surface area contributed by atoms with Gasteiger partial charge < -0.3 is 10.6 Å². The monoisotopic (exact) mass is 285 g/mol. The molecule has 0 saturated carbocycles. The van der Waals surface area contributed by atoms with Crippen LogP contribution in [0.2, 0.25) is 0 Å². The zero-order chi connectivity index (χ0) is 11.5. The number of hydrogen-bond donors (Lipinski definition) is 2. The molecule has 0 radical (unpaired) electrons. The van der Waals surface area contributed by atoms with Gasteiger partial charge in [0.25, 0.3) is 5.69 Å². The van der Waals surface area contributed by atoms with Gasteiger partial charge >= 0.3 is 0 Å². The summed E-state index contributed by atoms with van der Waals surface area (Å²) < 4.78 is 0.852. The fourth-order valence-corrected chi connectivity index (χ4v) is 2.10. The molecule has 86 valence electrons. The number of rotatable bonds is 3. The minimum atomic E-state index is -0.384. The lowest BCUT2D eigenvalue weighted by Gasteiger charge is -2.13. The van der Waals surface area contributed by atoms with Gasteiger partial charge in [-0.1, -0.05) is 0 Å². The maximum atomic E-state index is 10.7. The van der Waals surface area contributed by atoms with Crippen LogP contribution in [0.1, 0.15) is 6.42 Å². The van der Waals surface area contributed by atoms with Crippen LogP contribution in [0.3, 0.4) is 0 Å². The molecule has 0 bridgehead atoms. The second-order valence-corrected chi connectivity index (χ2v) is 4.61. The third kappa shape index (κ3) is 2.51. The van der Waals surface area contributed by atoms with Crippen molar-refractivity contribution in [3.8, 4) is 0 Å². The SMILES string of the molecule is O=[N+]([O-])c1ccc(Br)c(NC2CCNC2)c1. The van der Waals surface area contributed by atoms with Gasteiger partial charge in [0.05, 0.1) is 10.6 Å². The first-order chi connectivity index (χ1) is 7.66. The van der Waals surface area contributed by atoms with Crippen LogP contribution in [0.25, 0.3) is 0 Å². The molecule has 1 aliphatic heterocycles. The van der Waals surface area contributed by atoms with E-state index in [1.54, 1.807) is 12.1 Å². The third-order valence-electron chi connectivity index (χ3n) is 2.58. The first-order valence-corrected chi connectivity index (χ1v) is 5.87. The predicted octanol–water partition coefficient (Wildman–Crippen LogP) is 2.13. The van der Waals surface area contributed by atoms with E-state index in [1.807, 2.05) is 0 Å². The summed E-state index contributed by atoms with van der Waals surface area (Å²) in [5.41, 5.74) is 0.888. The third-order valence-corrected chi connectivity index (χ3v) is 3.27. The highest BCUT2D eigenvalue weighted by atomic mass is 79.9. The number of nitro benzene ring substituents is 1. The molecule has 0 aromatic heterocycles. The molecule has 1 aliphatic rings. The highest BCUT2D eigenvalue weighted by Gasteiger charge is 2.16. The normalized spacial score (nSPS) is 19.7. The first kappa shape index (κ1) is 11.3. The van der Waals surface area contributed by atoms with Crippen molar-refractivity contribution in [3.05, 3.63) is 32.8 Å². The second kappa shape index (κ2) is 4.80. The maximum Gasteiger partial charge on any atom is 0.271 e. The van der Waals surface area contributed by atoms with Crippen LogP contribution >= 0.6 is 15.9 Å². The standard InChI is InChI=1S/C10H12BrN3O2/c11-9-2-1-8(14(15)16)5-10(9)13-7-3-4-12-6-7/h1-2,5,7,12-13H,3-4,6H2. The van der Waals surface area contributed by atoms with Crippen LogP contribution in [0, 0.1) is 10.1 Å². The van der Waals surface area contributed by atoms with Crippen LogP contribution < -0.4 is 10.6 Å². The highest BCUT2D eigenvalue weighted by Crippen LogP contribution is 2.28. The molecule has 6 heteroatoms. The van der Waals surface area contributed by atoms with E-state index in [0.717, 1.165) is 29.7 Å². The Morgan fingerprint density at radius 3 is 3.00 bits per heavy atom. The Hall–Kier alpha value is -1.14. The minimum absolute atomic E-state index is 0.108. The zero-order valence-corrected chi connectivity index (χ0v) is 10.2. The van der Waals surface area contributed by atoms with Gasteiger partial charge in [0, 0.05) is 29.2 Å². The van der Waals surface area contributed by atoms with Crippen LogP contribution in [0.5, 0.6) is 0 Å². The number of halogens is 1. The molecule has 0 amide bonds. The van der Waals surface area contributed by atoms with Crippen molar-refractivity contribution in [2.45, 2.75) is 12.5 Å². The van der Waals surface area contributed by atoms with Crippen molar-refractivity contribution in [1.82, 2.24) is 5.32 Å². The summed E-state index contributed by atoms with van der Waals surface area (Å²) in [5, 5.41) is 17.2. The smallest absolute Gasteiger partial charge is 0.271 e. The first-order valence-electron chi connectivity index (χ1n) is 5.08. The van der Waals surface area contributed by atoms with Crippen molar-refractivity contribution >= 4 is 27.3 Å². The van der Waals surface area contributed by atoms with Crippen LogP contribution in [-0.4, -0.2) is 24.1 Å². The molecule has 2 N–H and O–H groups in total. The molecular weight excluding hydrogens is 274 g/mol. The summed E-state index contributed by atoms with van der Waals surface area (Å²) in [5.74, 6) is 0. The van der Waals surface area contributed by atoms with Crippen LogP contribution in [0.4, 0.5) is 11.4 Å². The van der Waals surface area contributed by atoms with E-state index in [0.29, 0.717) is 6.04 Å². The predicted molar refractivity (Wildman–Crippen MR) is 65.7 cm³/mol. The van der Waals surface area contributed by atoms with Gasteiger partial charge in [-0.2, -0.15) is 0 Å². The Morgan fingerprint density at radius 1 is 1.56 bits per heavy atom. The minimum Gasteiger partial charge on any atom is -0.380 e.